The first-order valence-corrected chi connectivity index (χ1v) is 5.54. The Bertz CT molecular complexity index is 512. The molecule has 2 heteroatoms. The van der Waals surface area contributed by atoms with E-state index in [9.17, 15) is 5.11 Å². The summed E-state index contributed by atoms with van der Waals surface area (Å²) < 4.78 is 2.28. The Morgan fingerprint density at radius 1 is 1.40 bits per heavy atom. The first kappa shape index (κ1) is 8.98. The molecule has 2 heterocycles. The standard InChI is InChI=1S/C13H15NO/c1-9-4-2-5-10-8-11-12(15)6-3-7-14(11)13(9)10/h2,4-5,8,12,15H,3,6-7H2,1H3. The van der Waals surface area contributed by atoms with Crippen molar-refractivity contribution in [2.45, 2.75) is 32.4 Å². The first-order valence-electron chi connectivity index (χ1n) is 5.54. The van der Waals surface area contributed by atoms with Crippen LogP contribution in [0.4, 0.5) is 0 Å². The van der Waals surface area contributed by atoms with Crippen molar-refractivity contribution in [1.29, 1.82) is 0 Å². The summed E-state index contributed by atoms with van der Waals surface area (Å²) >= 11 is 0. The van der Waals surface area contributed by atoms with Gasteiger partial charge < -0.3 is 9.67 Å². The van der Waals surface area contributed by atoms with Crippen LogP contribution in [0, 0.1) is 6.92 Å². The van der Waals surface area contributed by atoms with E-state index >= 15 is 0 Å². The lowest BCUT2D eigenvalue weighted by Crippen LogP contribution is -2.14. The fourth-order valence-corrected chi connectivity index (χ4v) is 2.64. The highest BCUT2D eigenvalue weighted by Crippen LogP contribution is 2.32. The largest absolute Gasteiger partial charge is 0.387 e. The molecule has 78 valence electrons. The molecule has 0 saturated heterocycles. The molecule has 0 amide bonds. The molecule has 3 rings (SSSR count). The summed E-state index contributed by atoms with van der Waals surface area (Å²) in [5, 5.41) is 11.2. The van der Waals surface area contributed by atoms with Crippen LogP contribution < -0.4 is 0 Å². The normalized spacial score (nSPS) is 20.5. The topological polar surface area (TPSA) is 25.2 Å². The fraction of sp³-hybridized carbons (Fsp3) is 0.385. The van der Waals surface area contributed by atoms with Crippen LogP contribution in [0.15, 0.2) is 24.3 Å². The molecule has 1 aromatic carbocycles. The van der Waals surface area contributed by atoms with Gasteiger partial charge in [-0.2, -0.15) is 0 Å². The molecule has 1 N–H and O–H groups in total. The summed E-state index contributed by atoms with van der Waals surface area (Å²) in [6.45, 7) is 3.18. The van der Waals surface area contributed by atoms with E-state index in [0.717, 1.165) is 25.1 Å². The zero-order valence-corrected chi connectivity index (χ0v) is 8.90. The smallest absolute Gasteiger partial charge is 0.0940 e. The molecule has 2 aromatic rings. The van der Waals surface area contributed by atoms with Gasteiger partial charge in [0.25, 0.3) is 0 Å². The second kappa shape index (κ2) is 3.11. The van der Waals surface area contributed by atoms with Gasteiger partial charge in [0.1, 0.15) is 0 Å². The Labute approximate surface area is 89.1 Å². The average molecular weight is 201 g/mol. The van der Waals surface area contributed by atoms with Gasteiger partial charge in [-0.15, -0.1) is 0 Å². The number of hydrogen-bond donors (Lipinski definition) is 1. The van der Waals surface area contributed by atoms with Crippen LogP contribution in [0.1, 0.15) is 30.2 Å². The van der Waals surface area contributed by atoms with Crippen LogP contribution >= 0.6 is 0 Å². The van der Waals surface area contributed by atoms with Crippen molar-refractivity contribution in [1.82, 2.24) is 4.57 Å². The fourth-order valence-electron chi connectivity index (χ4n) is 2.64. The molecule has 1 aliphatic rings. The summed E-state index contributed by atoms with van der Waals surface area (Å²) in [4.78, 5) is 0. The molecule has 0 fully saturated rings. The predicted molar refractivity (Wildman–Crippen MR) is 60.9 cm³/mol. The van der Waals surface area contributed by atoms with E-state index < -0.39 is 0 Å². The molecule has 0 spiro atoms. The third-order valence-electron chi connectivity index (χ3n) is 3.35. The second-order valence-corrected chi connectivity index (χ2v) is 4.39. The first-order chi connectivity index (χ1) is 7.27. The van der Waals surface area contributed by atoms with Crippen LogP contribution in [0.25, 0.3) is 10.9 Å². The van der Waals surface area contributed by atoms with Gasteiger partial charge in [-0.25, -0.2) is 0 Å². The molecule has 0 bridgehead atoms. The van der Waals surface area contributed by atoms with E-state index in [2.05, 4.69) is 35.8 Å². The number of fused-ring (bicyclic) bond motifs is 3. The number of benzene rings is 1. The Kier molecular flexibility index (Phi) is 1.86. The van der Waals surface area contributed by atoms with Crippen molar-refractivity contribution in [2.75, 3.05) is 0 Å². The molecule has 1 unspecified atom stereocenters. The number of aromatic nitrogens is 1. The van der Waals surface area contributed by atoms with Crippen LogP contribution in [0.3, 0.4) is 0 Å². The van der Waals surface area contributed by atoms with Crippen LogP contribution in [0.2, 0.25) is 0 Å². The second-order valence-electron chi connectivity index (χ2n) is 4.39. The van der Waals surface area contributed by atoms with Crippen LogP contribution in [-0.2, 0) is 6.54 Å². The van der Waals surface area contributed by atoms with Gasteiger partial charge in [-0.05, 0) is 31.4 Å². The number of aliphatic hydroxyl groups is 1. The maximum atomic E-state index is 9.93. The summed E-state index contributed by atoms with van der Waals surface area (Å²) in [7, 11) is 0. The maximum Gasteiger partial charge on any atom is 0.0940 e. The number of aliphatic hydroxyl groups excluding tert-OH is 1. The van der Waals surface area contributed by atoms with Crippen molar-refractivity contribution in [3.05, 3.63) is 35.5 Å². The van der Waals surface area contributed by atoms with Crippen molar-refractivity contribution in [2.24, 2.45) is 0 Å². The highest BCUT2D eigenvalue weighted by molar-refractivity contribution is 5.84. The van der Waals surface area contributed by atoms with Crippen LogP contribution in [-0.4, -0.2) is 9.67 Å². The van der Waals surface area contributed by atoms with Gasteiger partial charge in [0, 0.05) is 17.6 Å². The molecule has 0 saturated carbocycles. The van der Waals surface area contributed by atoms with E-state index in [1.165, 1.54) is 16.5 Å². The minimum Gasteiger partial charge on any atom is -0.387 e. The van der Waals surface area contributed by atoms with E-state index in [-0.39, 0.29) is 6.10 Å². The SMILES string of the molecule is Cc1cccc2cc3n(c12)CCCC3O. The van der Waals surface area contributed by atoms with E-state index in [4.69, 9.17) is 0 Å². The van der Waals surface area contributed by atoms with Gasteiger partial charge in [0.15, 0.2) is 0 Å². The Morgan fingerprint density at radius 3 is 3.13 bits per heavy atom. The number of aryl methyl sites for hydroxylation is 2. The van der Waals surface area contributed by atoms with Gasteiger partial charge in [-0.1, -0.05) is 18.2 Å². The molecular formula is C13H15NO. The van der Waals surface area contributed by atoms with Gasteiger partial charge in [-0.3, -0.25) is 0 Å². The zero-order chi connectivity index (χ0) is 10.4. The monoisotopic (exact) mass is 201 g/mol. The number of rotatable bonds is 0. The lowest BCUT2D eigenvalue weighted by atomic mass is 10.1. The third kappa shape index (κ3) is 1.21. The van der Waals surface area contributed by atoms with E-state index in [0.29, 0.717) is 0 Å². The molecule has 1 aromatic heterocycles. The summed E-state index contributed by atoms with van der Waals surface area (Å²) in [6, 6.07) is 8.47. The Hall–Kier alpha value is -1.28. The summed E-state index contributed by atoms with van der Waals surface area (Å²) in [6.07, 6.45) is 1.70. The van der Waals surface area contributed by atoms with Gasteiger partial charge in [0.05, 0.1) is 11.6 Å². The Balaban J connectivity index is 2.36. The Morgan fingerprint density at radius 2 is 2.27 bits per heavy atom. The summed E-state index contributed by atoms with van der Waals surface area (Å²) in [5.74, 6) is 0. The predicted octanol–water partition coefficient (Wildman–Crippen LogP) is 2.78. The molecule has 0 radical (unpaired) electrons. The van der Waals surface area contributed by atoms with Crippen molar-refractivity contribution in [3.8, 4) is 0 Å². The molecule has 0 aliphatic carbocycles. The average Bonchev–Trinajstić information content (AvgIpc) is 2.59. The van der Waals surface area contributed by atoms with E-state index in [1.807, 2.05) is 0 Å². The lowest BCUT2D eigenvalue weighted by molar-refractivity contribution is 0.140. The quantitative estimate of drug-likeness (QED) is 0.696. The highest BCUT2D eigenvalue weighted by atomic mass is 16.3. The molecular weight excluding hydrogens is 186 g/mol. The van der Waals surface area contributed by atoms with Gasteiger partial charge >= 0.3 is 0 Å². The highest BCUT2D eigenvalue weighted by Gasteiger charge is 2.20. The molecule has 1 aliphatic heterocycles. The van der Waals surface area contributed by atoms with Crippen molar-refractivity contribution < 1.29 is 5.11 Å². The zero-order valence-electron chi connectivity index (χ0n) is 8.90. The minimum atomic E-state index is -0.273. The molecule has 15 heavy (non-hydrogen) atoms. The van der Waals surface area contributed by atoms with Crippen molar-refractivity contribution >= 4 is 10.9 Å². The number of nitrogens with zero attached hydrogens (tertiary/aromatic N) is 1. The third-order valence-corrected chi connectivity index (χ3v) is 3.35. The maximum absolute atomic E-state index is 9.93. The number of para-hydroxylation sites is 1. The van der Waals surface area contributed by atoms with Crippen molar-refractivity contribution in [3.63, 3.8) is 0 Å². The molecule has 1 atom stereocenters. The van der Waals surface area contributed by atoms with Gasteiger partial charge in [0.2, 0.25) is 0 Å². The lowest BCUT2D eigenvalue weighted by Gasteiger charge is -2.21. The molecule has 2 nitrogen and oxygen atoms in total. The van der Waals surface area contributed by atoms with E-state index in [1.54, 1.807) is 0 Å². The number of hydrogen-bond acceptors (Lipinski definition) is 1. The minimum absolute atomic E-state index is 0.273. The van der Waals surface area contributed by atoms with Crippen LogP contribution in [0.5, 0.6) is 0 Å². The summed E-state index contributed by atoms with van der Waals surface area (Å²) in [5.41, 5.74) is 3.68.